The van der Waals surface area contributed by atoms with Crippen molar-refractivity contribution in [2.24, 2.45) is 0 Å². The van der Waals surface area contributed by atoms with Gasteiger partial charge in [-0.25, -0.2) is 9.78 Å². The van der Waals surface area contributed by atoms with Gasteiger partial charge in [0.25, 0.3) is 0 Å². The minimum Gasteiger partial charge on any atom is -0.508 e. The summed E-state index contributed by atoms with van der Waals surface area (Å²) in [5.74, 6) is -0.102. The molecule has 4 nitrogen and oxygen atoms in total. The molecule has 22 heavy (non-hydrogen) atoms. The Morgan fingerprint density at radius 3 is 2.82 bits per heavy atom. The van der Waals surface area contributed by atoms with E-state index in [-0.39, 0.29) is 11.7 Å². The Labute approximate surface area is 134 Å². The summed E-state index contributed by atoms with van der Waals surface area (Å²) in [6.45, 7) is 9.70. The molecule has 5 heteroatoms. The Bertz CT molecular complexity index is 719. The monoisotopic (exact) mass is 317 g/mol. The topological polar surface area (TPSA) is 59.4 Å². The molecule has 1 N–H and O–H groups in total. The zero-order valence-corrected chi connectivity index (χ0v) is 13.8. The third-order valence-electron chi connectivity index (χ3n) is 3.08. The van der Waals surface area contributed by atoms with Gasteiger partial charge in [0.2, 0.25) is 0 Å². The van der Waals surface area contributed by atoms with Gasteiger partial charge < -0.3 is 9.84 Å². The van der Waals surface area contributed by atoms with Crippen LogP contribution in [-0.4, -0.2) is 22.7 Å². The van der Waals surface area contributed by atoms with Crippen molar-refractivity contribution < 1.29 is 14.6 Å². The van der Waals surface area contributed by atoms with Crippen LogP contribution in [0.5, 0.6) is 5.75 Å². The number of allylic oxidation sites excluding steroid dienone is 1. The lowest BCUT2D eigenvalue weighted by Gasteiger charge is -2.06. The standard InChI is InChI=1S/C17H19NO3S/c1-5-21-17(20)15-11(4)18-16(22-15)12-6-7-14(19)13(9-12)8-10(2)3/h6-7,9,19H,2,5,8H2,1,3-4H3. The Morgan fingerprint density at radius 1 is 1.45 bits per heavy atom. The average Bonchev–Trinajstić information content (AvgIpc) is 2.83. The van der Waals surface area contributed by atoms with Crippen LogP contribution in [0.1, 0.15) is 34.8 Å². The number of hydrogen-bond acceptors (Lipinski definition) is 5. The van der Waals surface area contributed by atoms with Crippen molar-refractivity contribution in [3.63, 3.8) is 0 Å². The molecule has 2 aromatic rings. The maximum Gasteiger partial charge on any atom is 0.350 e. The predicted octanol–water partition coefficient (Wildman–Crippen LogP) is 4.12. The van der Waals surface area contributed by atoms with E-state index >= 15 is 0 Å². The van der Waals surface area contributed by atoms with Crippen molar-refractivity contribution in [3.05, 3.63) is 46.5 Å². The van der Waals surface area contributed by atoms with E-state index in [0.717, 1.165) is 21.7 Å². The normalized spacial score (nSPS) is 10.5. The molecule has 0 saturated carbocycles. The van der Waals surface area contributed by atoms with Gasteiger partial charge in [-0.05, 0) is 51.0 Å². The quantitative estimate of drug-likeness (QED) is 0.665. The molecule has 0 aliphatic heterocycles. The number of rotatable bonds is 5. The first kappa shape index (κ1) is 16.2. The summed E-state index contributed by atoms with van der Waals surface area (Å²) in [7, 11) is 0. The number of carbonyl (C=O) groups is 1. The molecule has 0 bridgehead atoms. The van der Waals surface area contributed by atoms with Crippen molar-refractivity contribution in [1.29, 1.82) is 0 Å². The summed E-state index contributed by atoms with van der Waals surface area (Å²) in [4.78, 5) is 16.8. The highest BCUT2D eigenvalue weighted by molar-refractivity contribution is 7.17. The molecular formula is C17H19NO3S. The number of nitrogens with zero attached hydrogens (tertiary/aromatic N) is 1. The molecule has 0 aliphatic carbocycles. The van der Waals surface area contributed by atoms with E-state index in [1.165, 1.54) is 11.3 Å². The lowest BCUT2D eigenvalue weighted by atomic mass is 10.0. The van der Waals surface area contributed by atoms with Gasteiger partial charge in [-0.3, -0.25) is 0 Å². The summed E-state index contributed by atoms with van der Waals surface area (Å²) >= 11 is 1.30. The Balaban J connectivity index is 2.38. The van der Waals surface area contributed by atoms with E-state index in [0.29, 0.717) is 23.6 Å². The summed E-state index contributed by atoms with van der Waals surface area (Å²) in [5.41, 5.74) is 3.30. The fraction of sp³-hybridized carbons (Fsp3) is 0.294. The van der Waals surface area contributed by atoms with Gasteiger partial charge in [0.1, 0.15) is 15.6 Å². The van der Waals surface area contributed by atoms with E-state index in [2.05, 4.69) is 11.6 Å². The van der Waals surface area contributed by atoms with Gasteiger partial charge >= 0.3 is 5.97 Å². The van der Waals surface area contributed by atoms with Crippen molar-refractivity contribution in [2.45, 2.75) is 27.2 Å². The van der Waals surface area contributed by atoms with Crippen LogP contribution in [-0.2, 0) is 11.2 Å². The molecule has 1 heterocycles. The third-order valence-corrected chi connectivity index (χ3v) is 4.26. The van der Waals surface area contributed by atoms with Gasteiger partial charge in [-0.2, -0.15) is 0 Å². The second-order valence-corrected chi connectivity index (χ2v) is 6.13. The molecule has 0 saturated heterocycles. The summed E-state index contributed by atoms with van der Waals surface area (Å²) in [6.07, 6.45) is 0.606. The number of aromatic hydroxyl groups is 1. The minimum absolute atomic E-state index is 0.241. The molecule has 0 amide bonds. The SMILES string of the molecule is C=C(C)Cc1cc(-c2nc(C)c(C(=O)OCC)s2)ccc1O. The number of esters is 1. The van der Waals surface area contributed by atoms with Gasteiger partial charge in [0.05, 0.1) is 12.3 Å². The number of thiazole rings is 1. The number of phenolic OH excluding ortho intramolecular Hbond substituents is 1. The van der Waals surface area contributed by atoms with Crippen LogP contribution in [0.25, 0.3) is 10.6 Å². The van der Waals surface area contributed by atoms with E-state index in [9.17, 15) is 9.90 Å². The highest BCUT2D eigenvalue weighted by atomic mass is 32.1. The maximum atomic E-state index is 11.9. The van der Waals surface area contributed by atoms with Crippen molar-refractivity contribution in [3.8, 4) is 16.3 Å². The number of benzene rings is 1. The fourth-order valence-corrected chi connectivity index (χ4v) is 3.05. The number of aromatic nitrogens is 1. The van der Waals surface area contributed by atoms with Crippen molar-refractivity contribution >= 4 is 17.3 Å². The van der Waals surface area contributed by atoms with E-state index in [1.807, 2.05) is 13.0 Å². The number of aryl methyl sites for hydroxylation is 1. The maximum absolute atomic E-state index is 11.9. The molecule has 1 aromatic heterocycles. The number of phenols is 1. The van der Waals surface area contributed by atoms with Crippen LogP contribution in [0, 0.1) is 6.92 Å². The first-order valence-corrected chi connectivity index (χ1v) is 7.85. The molecule has 0 aliphatic rings. The van der Waals surface area contributed by atoms with E-state index < -0.39 is 0 Å². The molecule has 1 aromatic carbocycles. The van der Waals surface area contributed by atoms with Crippen LogP contribution in [0.4, 0.5) is 0 Å². The van der Waals surface area contributed by atoms with Crippen LogP contribution in [0.3, 0.4) is 0 Å². The lowest BCUT2D eigenvalue weighted by molar-refractivity contribution is 0.0531. The Hall–Kier alpha value is -2.14. The first-order valence-electron chi connectivity index (χ1n) is 7.03. The molecule has 0 atom stereocenters. The summed E-state index contributed by atoms with van der Waals surface area (Å²) in [6, 6.07) is 5.33. The third kappa shape index (κ3) is 3.54. The second kappa shape index (κ2) is 6.75. The highest BCUT2D eigenvalue weighted by Gasteiger charge is 2.17. The average molecular weight is 317 g/mol. The smallest absolute Gasteiger partial charge is 0.350 e. The largest absolute Gasteiger partial charge is 0.508 e. The summed E-state index contributed by atoms with van der Waals surface area (Å²) in [5, 5.41) is 10.7. The number of hydrogen-bond donors (Lipinski definition) is 1. The second-order valence-electron chi connectivity index (χ2n) is 5.13. The van der Waals surface area contributed by atoms with E-state index in [4.69, 9.17) is 4.74 Å². The van der Waals surface area contributed by atoms with Crippen LogP contribution in [0.15, 0.2) is 30.4 Å². The minimum atomic E-state index is -0.343. The van der Waals surface area contributed by atoms with Crippen molar-refractivity contribution in [1.82, 2.24) is 4.98 Å². The van der Waals surface area contributed by atoms with Gasteiger partial charge in [-0.15, -0.1) is 11.3 Å². The molecule has 0 spiro atoms. The van der Waals surface area contributed by atoms with Crippen LogP contribution >= 0.6 is 11.3 Å². The molecular weight excluding hydrogens is 298 g/mol. The summed E-state index contributed by atoms with van der Waals surface area (Å²) < 4.78 is 5.03. The van der Waals surface area contributed by atoms with Gasteiger partial charge in [0, 0.05) is 5.56 Å². The molecule has 0 unspecified atom stereocenters. The predicted molar refractivity (Wildman–Crippen MR) is 88.4 cm³/mol. The van der Waals surface area contributed by atoms with E-state index in [1.54, 1.807) is 26.0 Å². The Morgan fingerprint density at radius 2 is 2.18 bits per heavy atom. The van der Waals surface area contributed by atoms with Gasteiger partial charge in [0.15, 0.2) is 0 Å². The molecule has 0 radical (unpaired) electrons. The lowest BCUT2D eigenvalue weighted by Crippen LogP contribution is -2.03. The number of carbonyl (C=O) groups excluding carboxylic acids is 1. The Kier molecular flexibility index (Phi) is 4.98. The molecule has 0 fully saturated rings. The van der Waals surface area contributed by atoms with Gasteiger partial charge in [-0.1, -0.05) is 12.2 Å². The highest BCUT2D eigenvalue weighted by Crippen LogP contribution is 2.32. The number of ether oxygens (including phenoxy) is 1. The first-order chi connectivity index (χ1) is 10.4. The zero-order chi connectivity index (χ0) is 16.3. The molecule has 2 rings (SSSR count). The van der Waals surface area contributed by atoms with Crippen LogP contribution in [0.2, 0.25) is 0 Å². The van der Waals surface area contributed by atoms with Crippen LogP contribution < -0.4 is 0 Å². The zero-order valence-electron chi connectivity index (χ0n) is 13.0. The molecule has 116 valence electrons. The van der Waals surface area contributed by atoms with Crippen molar-refractivity contribution in [2.75, 3.05) is 6.61 Å². The fourth-order valence-electron chi connectivity index (χ4n) is 2.09.